The lowest BCUT2D eigenvalue weighted by molar-refractivity contribution is -0.121. The third-order valence-electron chi connectivity index (χ3n) is 5.75. The molecule has 4 aromatic rings. The van der Waals surface area contributed by atoms with E-state index in [2.05, 4.69) is 20.8 Å². The van der Waals surface area contributed by atoms with Crippen molar-refractivity contribution in [1.29, 1.82) is 0 Å². The van der Waals surface area contributed by atoms with Gasteiger partial charge in [-0.1, -0.05) is 60.3 Å². The minimum atomic E-state index is -0.331. The number of ether oxygens (including phenoxy) is 1. The van der Waals surface area contributed by atoms with Crippen LogP contribution in [0.4, 0.5) is 5.69 Å². The number of methoxy groups -OCH3 is 1. The Labute approximate surface area is 214 Å². The summed E-state index contributed by atoms with van der Waals surface area (Å²) in [6, 6.07) is 20.8. The van der Waals surface area contributed by atoms with Crippen LogP contribution in [0.2, 0.25) is 0 Å². The zero-order chi connectivity index (χ0) is 25.5. The average molecular weight is 504 g/mol. The van der Waals surface area contributed by atoms with Crippen molar-refractivity contribution in [3.8, 4) is 5.75 Å². The molecule has 1 heterocycles. The van der Waals surface area contributed by atoms with Gasteiger partial charge in [0.25, 0.3) is 0 Å². The van der Waals surface area contributed by atoms with Crippen LogP contribution in [-0.4, -0.2) is 39.4 Å². The Bertz CT molecular complexity index is 1350. The standard InChI is InChI=1S/C27H29N5O3S/c1-4-32-26(18(2)28-24(33)16-19-12-14-21(35-3)15-13-19)30-31-27(32)36-17-25(34)29-23-11-7-9-20-8-5-6-10-22(20)23/h5-15,18H,4,16-17H2,1-3H3,(H,28,33)(H,29,34). The highest BCUT2D eigenvalue weighted by Gasteiger charge is 2.20. The Hall–Kier alpha value is -3.85. The van der Waals surface area contributed by atoms with Gasteiger partial charge in [-0.05, 0) is 43.0 Å². The summed E-state index contributed by atoms with van der Waals surface area (Å²) in [5, 5.41) is 17.3. The van der Waals surface area contributed by atoms with Crippen molar-refractivity contribution >= 4 is 40.0 Å². The maximum atomic E-state index is 12.7. The van der Waals surface area contributed by atoms with Crippen LogP contribution >= 0.6 is 11.8 Å². The van der Waals surface area contributed by atoms with Gasteiger partial charge >= 0.3 is 0 Å². The van der Waals surface area contributed by atoms with E-state index >= 15 is 0 Å². The van der Waals surface area contributed by atoms with Crippen LogP contribution in [0.15, 0.2) is 71.9 Å². The Morgan fingerprint density at radius 1 is 1.00 bits per heavy atom. The molecule has 9 heteroatoms. The summed E-state index contributed by atoms with van der Waals surface area (Å²) in [7, 11) is 1.61. The first-order valence-electron chi connectivity index (χ1n) is 11.7. The van der Waals surface area contributed by atoms with E-state index in [9.17, 15) is 9.59 Å². The largest absolute Gasteiger partial charge is 0.497 e. The fraction of sp³-hybridized carbons (Fsp3) is 0.259. The topological polar surface area (TPSA) is 98.1 Å². The van der Waals surface area contributed by atoms with Crippen molar-refractivity contribution in [2.24, 2.45) is 0 Å². The summed E-state index contributed by atoms with van der Waals surface area (Å²) in [5.74, 6) is 1.36. The molecule has 2 amide bonds. The number of nitrogens with zero attached hydrogens (tertiary/aromatic N) is 3. The molecule has 2 N–H and O–H groups in total. The van der Waals surface area contributed by atoms with E-state index in [4.69, 9.17) is 4.74 Å². The highest BCUT2D eigenvalue weighted by atomic mass is 32.2. The van der Waals surface area contributed by atoms with Crippen molar-refractivity contribution in [2.45, 2.75) is 38.0 Å². The van der Waals surface area contributed by atoms with E-state index < -0.39 is 0 Å². The second kappa shape index (κ2) is 11.7. The van der Waals surface area contributed by atoms with Crippen LogP contribution in [0, 0.1) is 0 Å². The van der Waals surface area contributed by atoms with Gasteiger partial charge in [0.05, 0.1) is 25.3 Å². The second-order valence-corrected chi connectivity index (χ2v) is 9.21. The number of aromatic nitrogens is 3. The maximum Gasteiger partial charge on any atom is 0.234 e. The van der Waals surface area contributed by atoms with Crippen molar-refractivity contribution in [3.63, 3.8) is 0 Å². The van der Waals surface area contributed by atoms with E-state index in [0.29, 0.717) is 17.5 Å². The van der Waals surface area contributed by atoms with E-state index in [1.807, 2.05) is 85.1 Å². The van der Waals surface area contributed by atoms with Gasteiger partial charge in [-0.15, -0.1) is 10.2 Å². The van der Waals surface area contributed by atoms with Gasteiger partial charge < -0.3 is 19.9 Å². The zero-order valence-electron chi connectivity index (χ0n) is 20.5. The lowest BCUT2D eigenvalue weighted by Gasteiger charge is -2.15. The van der Waals surface area contributed by atoms with Crippen molar-refractivity contribution in [3.05, 3.63) is 78.1 Å². The molecule has 0 spiro atoms. The lowest BCUT2D eigenvalue weighted by atomic mass is 10.1. The molecular weight excluding hydrogens is 474 g/mol. The highest BCUT2D eigenvalue weighted by Crippen LogP contribution is 2.25. The molecule has 1 unspecified atom stereocenters. The minimum Gasteiger partial charge on any atom is -0.497 e. The Kier molecular flexibility index (Phi) is 8.22. The molecule has 0 fully saturated rings. The quantitative estimate of drug-likeness (QED) is 0.307. The molecular formula is C27H29N5O3S. The molecule has 0 aliphatic carbocycles. The molecule has 0 bridgehead atoms. The fourth-order valence-electron chi connectivity index (χ4n) is 3.96. The molecule has 1 atom stereocenters. The Morgan fingerprint density at radius 2 is 1.75 bits per heavy atom. The third kappa shape index (κ3) is 6.04. The summed E-state index contributed by atoms with van der Waals surface area (Å²) in [4.78, 5) is 25.3. The van der Waals surface area contributed by atoms with E-state index in [-0.39, 0.29) is 30.0 Å². The third-order valence-corrected chi connectivity index (χ3v) is 6.71. The zero-order valence-corrected chi connectivity index (χ0v) is 21.3. The molecule has 3 aromatic carbocycles. The van der Waals surface area contributed by atoms with Gasteiger partial charge in [0.2, 0.25) is 11.8 Å². The molecule has 186 valence electrons. The van der Waals surface area contributed by atoms with Crippen LogP contribution in [-0.2, 0) is 22.6 Å². The summed E-state index contributed by atoms with van der Waals surface area (Å²) in [5.41, 5.74) is 1.68. The normalized spacial score (nSPS) is 11.8. The Balaban J connectivity index is 1.35. The van der Waals surface area contributed by atoms with Crippen LogP contribution in [0.3, 0.4) is 0 Å². The molecule has 0 saturated carbocycles. The Morgan fingerprint density at radius 3 is 2.50 bits per heavy atom. The predicted molar refractivity (Wildman–Crippen MR) is 142 cm³/mol. The van der Waals surface area contributed by atoms with Gasteiger partial charge in [-0.3, -0.25) is 9.59 Å². The molecule has 0 radical (unpaired) electrons. The van der Waals surface area contributed by atoms with Gasteiger partial charge in [0.1, 0.15) is 5.75 Å². The molecule has 0 saturated heterocycles. The summed E-state index contributed by atoms with van der Waals surface area (Å²) in [6.45, 7) is 4.48. The summed E-state index contributed by atoms with van der Waals surface area (Å²) < 4.78 is 7.08. The van der Waals surface area contributed by atoms with Crippen LogP contribution in [0.5, 0.6) is 5.75 Å². The number of carbonyl (C=O) groups excluding carboxylic acids is 2. The van der Waals surface area contributed by atoms with Crippen LogP contribution < -0.4 is 15.4 Å². The average Bonchev–Trinajstić information content (AvgIpc) is 3.31. The lowest BCUT2D eigenvalue weighted by Crippen LogP contribution is -2.30. The van der Waals surface area contributed by atoms with Gasteiger partial charge in [0.15, 0.2) is 11.0 Å². The van der Waals surface area contributed by atoms with Crippen LogP contribution in [0.1, 0.15) is 31.3 Å². The molecule has 1 aromatic heterocycles. The van der Waals surface area contributed by atoms with E-state index in [1.54, 1.807) is 7.11 Å². The predicted octanol–water partition coefficient (Wildman–Crippen LogP) is 4.61. The smallest absolute Gasteiger partial charge is 0.234 e. The number of thioether (sulfide) groups is 1. The van der Waals surface area contributed by atoms with Gasteiger partial charge in [-0.2, -0.15) is 0 Å². The number of nitrogens with one attached hydrogen (secondary N) is 2. The SMILES string of the molecule is CCn1c(SCC(=O)Nc2cccc3ccccc23)nnc1C(C)NC(=O)Cc1ccc(OC)cc1. The van der Waals surface area contributed by atoms with Crippen molar-refractivity contribution in [1.82, 2.24) is 20.1 Å². The highest BCUT2D eigenvalue weighted by molar-refractivity contribution is 7.99. The number of fused-ring (bicyclic) bond motifs is 1. The first-order chi connectivity index (χ1) is 17.5. The van der Waals surface area contributed by atoms with Crippen molar-refractivity contribution < 1.29 is 14.3 Å². The number of hydrogen-bond acceptors (Lipinski definition) is 6. The van der Waals surface area contributed by atoms with E-state index in [1.165, 1.54) is 11.8 Å². The number of rotatable bonds is 10. The number of carbonyl (C=O) groups is 2. The van der Waals surface area contributed by atoms with E-state index in [0.717, 1.165) is 27.8 Å². The summed E-state index contributed by atoms with van der Waals surface area (Å²) >= 11 is 1.32. The second-order valence-electron chi connectivity index (χ2n) is 8.26. The first-order valence-corrected chi connectivity index (χ1v) is 12.7. The van der Waals surface area contributed by atoms with Crippen molar-refractivity contribution in [2.75, 3.05) is 18.2 Å². The van der Waals surface area contributed by atoms with Crippen LogP contribution in [0.25, 0.3) is 10.8 Å². The fourth-order valence-corrected chi connectivity index (χ4v) is 4.77. The monoisotopic (exact) mass is 503 g/mol. The number of benzene rings is 3. The minimum absolute atomic E-state index is 0.109. The number of amides is 2. The first kappa shape index (κ1) is 25.2. The maximum absolute atomic E-state index is 12.7. The molecule has 36 heavy (non-hydrogen) atoms. The van der Waals surface area contributed by atoms with Gasteiger partial charge in [0, 0.05) is 17.6 Å². The van der Waals surface area contributed by atoms with Gasteiger partial charge in [-0.25, -0.2) is 0 Å². The molecule has 8 nitrogen and oxygen atoms in total. The molecule has 4 rings (SSSR count). The molecule has 0 aliphatic heterocycles. The number of anilines is 1. The molecule has 0 aliphatic rings. The summed E-state index contributed by atoms with van der Waals surface area (Å²) in [6.07, 6.45) is 0.255. The number of hydrogen-bond donors (Lipinski definition) is 2.